The number of likely N-dealkylation sites (tertiary alicyclic amines) is 1. The van der Waals surface area contributed by atoms with E-state index in [-0.39, 0.29) is 6.03 Å². The van der Waals surface area contributed by atoms with Crippen molar-refractivity contribution in [1.82, 2.24) is 10.2 Å². The molecule has 0 atom stereocenters. The number of urea groups is 1. The van der Waals surface area contributed by atoms with Crippen molar-refractivity contribution in [2.75, 3.05) is 32.0 Å². The van der Waals surface area contributed by atoms with E-state index in [9.17, 15) is 4.79 Å². The first-order valence-corrected chi connectivity index (χ1v) is 9.98. The number of anilines is 1. The van der Waals surface area contributed by atoms with Crippen LogP contribution in [0, 0.1) is 12.8 Å². The second-order valence-electron chi connectivity index (χ2n) is 7.59. The quantitative estimate of drug-likeness (QED) is 0.804. The molecular weight excluding hydrogens is 334 g/mol. The van der Waals surface area contributed by atoms with Crippen LogP contribution < -0.4 is 10.6 Å². The summed E-state index contributed by atoms with van der Waals surface area (Å²) < 4.78 is 0. The molecule has 1 aliphatic rings. The monoisotopic (exact) mass is 365 g/mol. The molecule has 0 spiro atoms. The van der Waals surface area contributed by atoms with Gasteiger partial charge in [0.1, 0.15) is 0 Å². The van der Waals surface area contributed by atoms with E-state index in [4.69, 9.17) is 0 Å². The van der Waals surface area contributed by atoms with Gasteiger partial charge < -0.3 is 15.5 Å². The Labute approximate surface area is 163 Å². The van der Waals surface area contributed by atoms with Gasteiger partial charge >= 0.3 is 6.03 Å². The number of benzene rings is 2. The van der Waals surface area contributed by atoms with Gasteiger partial charge in [-0.15, -0.1) is 0 Å². The van der Waals surface area contributed by atoms with Gasteiger partial charge in [-0.05, 0) is 68.8 Å². The first kappa shape index (κ1) is 19.4. The van der Waals surface area contributed by atoms with Crippen LogP contribution in [0.3, 0.4) is 0 Å². The number of aryl methyl sites for hydroxylation is 1. The molecule has 4 nitrogen and oxygen atoms in total. The molecule has 2 N–H and O–H groups in total. The van der Waals surface area contributed by atoms with Gasteiger partial charge in [0.05, 0.1) is 0 Å². The summed E-state index contributed by atoms with van der Waals surface area (Å²) in [6.45, 7) is 5.48. The molecule has 0 aliphatic carbocycles. The third-order valence-electron chi connectivity index (χ3n) is 5.51. The maximum absolute atomic E-state index is 11.7. The van der Waals surface area contributed by atoms with Gasteiger partial charge in [0.15, 0.2) is 0 Å². The van der Waals surface area contributed by atoms with Crippen molar-refractivity contribution >= 4 is 11.7 Å². The average Bonchev–Trinajstić information content (AvgIpc) is 2.70. The van der Waals surface area contributed by atoms with Gasteiger partial charge in [0.2, 0.25) is 0 Å². The van der Waals surface area contributed by atoms with Crippen LogP contribution in [0.5, 0.6) is 0 Å². The molecule has 2 amide bonds. The highest BCUT2D eigenvalue weighted by Gasteiger charge is 2.19. The smallest absolute Gasteiger partial charge is 0.318 e. The van der Waals surface area contributed by atoms with Gasteiger partial charge in [-0.1, -0.05) is 48.0 Å². The number of carbonyl (C=O) groups is 1. The van der Waals surface area contributed by atoms with E-state index in [2.05, 4.69) is 58.9 Å². The zero-order valence-corrected chi connectivity index (χ0v) is 16.5. The largest absolute Gasteiger partial charge is 0.341 e. The Morgan fingerprint density at radius 3 is 2.56 bits per heavy atom. The number of amides is 2. The number of carbonyl (C=O) groups excluding carboxylic acids is 1. The molecule has 2 aromatic carbocycles. The maximum Gasteiger partial charge on any atom is 0.318 e. The zero-order valence-electron chi connectivity index (χ0n) is 16.5. The number of nitrogens with one attached hydrogen (secondary N) is 2. The van der Waals surface area contributed by atoms with Crippen molar-refractivity contribution in [3.05, 3.63) is 65.2 Å². The van der Waals surface area contributed by atoms with Gasteiger partial charge in [-0.2, -0.15) is 0 Å². The van der Waals surface area contributed by atoms with E-state index >= 15 is 0 Å². The Morgan fingerprint density at radius 1 is 1.11 bits per heavy atom. The molecule has 2 aromatic rings. The lowest BCUT2D eigenvalue weighted by Gasteiger charge is -2.32. The number of rotatable bonds is 6. The predicted molar refractivity (Wildman–Crippen MR) is 112 cm³/mol. The fraction of sp³-hybridized carbons (Fsp3) is 0.435. The lowest BCUT2D eigenvalue weighted by molar-refractivity contribution is 0.186. The summed E-state index contributed by atoms with van der Waals surface area (Å²) in [4.78, 5) is 14.2. The number of hydrogen-bond acceptors (Lipinski definition) is 2. The second-order valence-corrected chi connectivity index (χ2v) is 7.59. The lowest BCUT2D eigenvalue weighted by atomic mass is 9.90. The summed E-state index contributed by atoms with van der Waals surface area (Å²) in [5.41, 5.74) is 4.82. The zero-order chi connectivity index (χ0) is 19.1. The minimum atomic E-state index is -0.165. The summed E-state index contributed by atoms with van der Waals surface area (Å²) in [7, 11) is 1.64. The molecule has 1 heterocycles. The van der Waals surface area contributed by atoms with Crippen LogP contribution in [0.25, 0.3) is 0 Å². The Bertz CT molecular complexity index is 737. The van der Waals surface area contributed by atoms with Crippen LogP contribution in [-0.2, 0) is 12.8 Å². The van der Waals surface area contributed by atoms with Crippen molar-refractivity contribution in [3.63, 3.8) is 0 Å². The highest BCUT2D eigenvalue weighted by molar-refractivity contribution is 5.89. The Balaban J connectivity index is 1.50. The summed E-state index contributed by atoms with van der Waals surface area (Å²) in [6.07, 6.45) is 4.70. The van der Waals surface area contributed by atoms with Crippen LogP contribution in [-0.4, -0.2) is 37.6 Å². The minimum Gasteiger partial charge on any atom is -0.341 e. The summed E-state index contributed by atoms with van der Waals surface area (Å²) in [5.74, 6) is 0.799. The van der Waals surface area contributed by atoms with E-state index < -0.39 is 0 Å². The van der Waals surface area contributed by atoms with E-state index in [1.807, 2.05) is 12.1 Å². The van der Waals surface area contributed by atoms with E-state index in [0.717, 1.165) is 24.6 Å². The van der Waals surface area contributed by atoms with E-state index in [0.29, 0.717) is 0 Å². The van der Waals surface area contributed by atoms with Crippen molar-refractivity contribution in [2.45, 2.75) is 32.6 Å². The van der Waals surface area contributed by atoms with Crippen molar-refractivity contribution < 1.29 is 4.79 Å². The maximum atomic E-state index is 11.7. The van der Waals surface area contributed by atoms with Gasteiger partial charge in [-0.25, -0.2) is 4.79 Å². The van der Waals surface area contributed by atoms with Crippen LogP contribution in [0.4, 0.5) is 10.5 Å². The Morgan fingerprint density at radius 2 is 1.85 bits per heavy atom. The van der Waals surface area contributed by atoms with E-state index in [1.165, 1.54) is 49.0 Å². The fourth-order valence-corrected chi connectivity index (χ4v) is 3.88. The Kier molecular flexibility index (Phi) is 6.88. The standard InChI is InChI=1S/C23H31N3O/c1-18-8-9-22(25-23(27)24-2)21(16-18)12-15-26-13-10-20(11-14-26)17-19-6-4-3-5-7-19/h3-9,16,20H,10-15,17H2,1-2H3,(H2,24,25,27). The summed E-state index contributed by atoms with van der Waals surface area (Å²) >= 11 is 0. The highest BCUT2D eigenvalue weighted by atomic mass is 16.2. The molecule has 4 heteroatoms. The average molecular weight is 366 g/mol. The molecule has 0 saturated carbocycles. The van der Waals surface area contributed by atoms with Crippen molar-refractivity contribution in [3.8, 4) is 0 Å². The minimum absolute atomic E-state index is 0.165. The Hall–Kier alpha value is -2.33. The molecular formula is C23H31N3O. The molecule has 3 rings (SSSR count). The summed E-state index contributed by atoms with van der Waals surface area (Å²) in [6, 6.07) is 16.9. The molecule has 144 valence electrons. The first-order valence-electron chi connectivity index (χ1n) is 9.98. The van der Waals surface area contributed by atoms with Crippen LogP contribution in [0.1, 0.15) is 29.5 Å². The SMILES string of the molecule is CNC(=O)Nc1ccc(C)cc1CCN1CCC(Cc2ccccc2)CC1. The van der Waals surface area contributed by atoms with Crippen LogP contribution >= 0.6 is 0 Å². The molecule has 0 radical (unpaired) electrons. The number of hydrogen-bond donors (Lipinski definition) is 2. The molecule has 27 heavy (non-hydrogen) atoms. The topological polar surface area (TPSA) is 44.4 Å². The van der Waals surface area contributed by atoms with Crippen molar-refractivity contribution in [2.24, 2.45) is 5.92 Å². The van der Waals surface area contributed by atoms with E-state index in [1.54, 1.807) is 7.05 Å². The normalized spacial score (nSPS) is 15.5. The third kappa shape index (κ3) is 5.83. The molecule has 1 fully saturated rings. The number of piperidine rings is 1. The van der Waals surface area contributed by atoms with Gasteiger partial charge in [-0.3, -0.25) is 0 Å². The summed E-state index contributed by atoms with van der Waals surface area (Å²) in [5, 5.41) is 5.57. The fourth-order valence-electron chi connectivity index (χ4n) is 3.88. The molecule has 1 saturated heterocycles. The molecule has 1 aliphatic heterocycles. The first-order chi connectivity index (χ1) is 13.1. The molecule has 0 bridgehead atoms. The second kappa shape index (κ2) is 9.56. The molecule has 0 unspecified atom stereocenters. The predicted octanol–water partition coefficient (Wildman–Crippen LogP) is 4.24. The van der Waals surface area contributed by atoms with Gasteiger partial charge in [0.25, 0.3) is 0 Å². The highest BCUT2D eigenvalue weighted by Crippen LogP contribution is 2.23. The van der Waals surface area contributed by atoms with Crippen LogP contribution in [0.15, 0.2) is 48.5 Å². The van der Waals surface area contributed by atoms with Crippen LogP contribution in [0.2, 0.25) is 0 Å². The van der Waals surface area contributed by atoms with Gasteiger partial charge in [0, 0.05) is 19.3 Å². The molecule has 0 aromatic heterocycles. The third-order valence-corrected chi connectivity index (χ3v) is 5.51. The number of nitrogens with zero attached hydrogens (tertiary/aromatic N) is 1. The van der Waals surface area contributed by atoms with Crippen molar-refractivity contribution in [1.29, 1.82) is 0 Å². The lowest BCUT2D eigenvalue weighted by Crippen LogP contribution is -2.35.